The molecule has 4 rings (SSSR count). The molecule has 2 aromatic rings. The largest absolute Gasteiger partial charge is 0.490 e. The number of rotatable bonds is 4. The molecular formula is C21H22N4O6. The molecule has 2 aliphatic heterocycles. The lowest BCUT2D eigenvalue weighted by atomic mass is 9.94. The normalized spacial score (nSPS) is 22.9. The monoisotopic (exact) mass is 426 g/mol. The first-order valence-corrected chi connectivity index (χ1v) is 9.91. The van der Waals surface area contributed by atoms with Crippen molar-refractivity contribution in [2.45, 2.75) is 37.5 Å². The lowest BCUT2D eigenvalue weighted by Crippen LogP contribution is -2.53. The maximum absolute atomic E-state index is 13.2. The molecule has 1 aromatic heterocycles. The molecule has 3 atom stereocenters. The molecule has 0 bridgehead atoms. The van der Waals surface area contributed by atoms with E-state index in [2.05, 4.69) is 15.3 Å². The van der Waals surface area contributed by atoms with E-state index < -0.39 is 24.1 Å². The van der Waals surface area contributed by atoms with Gasteiger partial charge in [0.2, 0.25) is 0 Å². The summed E-state index contributed by atoms with van der Waals surface area (Å²) in [6, 6.07) is 4.59. The summed E-state index contributed by atoms with van der Waals surface area (Å²) in [4.78, 5) is 46.0. The van der Waals surface area contributed by atoms with Crippen LogP contribution in [0.25, 0.3) is 0 Å². The number of amides is 2. The van der Waals surface area contributed by atoms with Crippen molar-refractivity contribution >= 4 is 23.5 Å². The lowest BCUT2D eigenvalue weighted by Gasteiger charge is -2.42. The SMILES string of the molecule is CN1C(=O)c2cc(NC(=O)c3cnccn3)ccc2OC[C@H]2O[C@H](CC(=O)O)CC[C@H]21. The number of carboxylic acid groups (broad SMARTS) is 1. The first-order valence-electron chi connectivity index (χ1n) is 9.91. The minimum atomic E-state index is -0.916. The summed E-state index contributed by atoms with van der Waals surface area (Å²) >= 11 is 0. The Morgan fingerprint density at radius 2 is 2.13 bits per heavy atom. The fourth-order valence-electron chi connectivity index (χ4n) is 3.91. The maximum atomic E-state index is 13.2. The van der Waals surface area contributed by atoms with Gasteiger partial charge < -0.3 is 24.8 Å². The van der Waals surface area contributed by atoms with E-state index >= 15 is 0 Å². The van der Waals surface area contributed by atoms with Crippen LogP contribution in [0.15, 0.2) is 36.8 Å². The molecule has 0 radical (unpaired) electrons. The molecule has 0 aliphatic carbocycles. The summed E-state index contributed by atoms with van der Waals surface area (Å²) in [5.74, 6) is -1.25. The lowest BCUT2D eigenvalue weighted by molar-refractivity contribution is -0.148. The molecule has 0 saturated carbocycles. The van der Waals surface area contributed by atoms with Gasteiger partial charge in [-0.05, 0) is 31.0 Å². The molecule has 10 heteroatoms. The van der Waals surface area contributed by atoms with Crippen LogP contribution in [0.3, 0.4) is 0 Å². The molecule has 0 spiro atoms. The highest BCUT2D eigenvalue weighted by molar-refractivity contribution is 6.04. The van der Waals surface area contributed by atoms with Gasteiger partial charge in [-0.3, -0.25) is 19.4 Å². The summed E-state index contributed by atoms with van der Waals surface area (Å²) < 4.78 is 11.8. The van der Waals surface area contributed by atoms with Gasteiger partial charge in [-0.15, -0.1) is 0 Å². The van der Waals surface area contributed by atoms with E-state index in [-0.39, 0.29) is 30.7 Å². The zero-order chi connectivity index (χ0) is 22.0. The van der Waals surface area contributed by atoms with E-state index in [9.17, 15) is 14.4 Å². The number of fused-ring (bicyclic) bond motifs is 2. The first kappa shape index (κ1) is 20.7. The van der Waals surface area contributed by atoms with Crippen LogP contribution < -0.4 is 10.1 Å². The first-order chi connectivity index (χ1) is 14.9. The van der Waals surface area contributed by atoms with Crippen molar-refractivity contribution in [3.05, 3.63) is 48.0 Å². The van der Waals surface area contributed by atoms with Crippen LogP contribution in [0.1, 0.15) is 40.1 Å². The molecule has 2 aliphatic rings. The number of anilines is 1. The number of likely N-dealkylation sites (N-methyl/N-ethyl adjacent to an activating group) is 1. The third kappa shape index (κ3) is 4.48. The molecule has 0 unspecified atom stereocenters. The van der Waals surface area contributed by atoms with Crippen LogP contribution in [0.5, 0.6) is 5.75 Å². The average Bonchev–Trinajstić information content (AvgIpc) is 2.77. The Balaban J connectivity index is 1.54. The van der Waals surface area contributed by atoms with Crippen molar-refractivity contribution in [2.24, 2.45) is 0 Å². The van der Waals surface area contributed by atoms with E-state index in [0.29, 0.717) is 29.8 Å². The second-order valence-corrected chi connectivity index (χ2v) is 7.52. The van der Waals surface area contributed by atoms with Crippen molar-refractivity contribution < 1.29 is 29.0 Å². The van der Waals surface area contributed by atoms with E-state index in [4.69, 9.17) is 14.6 Å². The van der Waals surface area contributed by atoms with Crippen LogP contribution in [-0.2, 0) is 9.53 Å². The minimum Gasteiger partial charge on any atom is -0.490 e. The van der Waals surface area contributed by atoms with Gasteiger partial charge in [0, 0.05) is 25.1 Å². The van der Waals surface area contributed by atoms with Gasteiger partial charge in [0.05, 0.1) is 30.3 Å². The van der Waals surface area contributed by atoms with Gasteiger partial charge in [0.25, 0.3) is 11.8 Å². The van der Waals surface area contributed by atoms with Gasteiger partial charge in [-0.25, -0.2) is 4.98 Å². The number of ether oxygens (including phenoxy) is 2. The van der Waals surface area contributed by atoms with E-state index in [1.54, 1.807) is 30.1 Å². The summed E-state index contributed by atoms with van der Waals surface area (Å²) in [5.41, 5.74) is 0.913. The molecule has 1 saturated heterocycles. The fraction of sp³-hybridized carbons (Fsp3) is 0.381. The molecule has 2 N–H and O–H groups in total. The van der Waals surface area contributed by atoms with Gasteiger partial charge in [0.15, 0.2) is 0 Å². The highest BCUT2D eigenvalue weighted by Crippen LogP contribution is 2.32. The molecule has 1 fully saturated rings. The Labute approximate surface area is 178 Å². The Bertz CT molecular complexity index is 999. The van der Waals surface area contributed by atoms with Crippen molar-refractivity contribution in [1.82, 2.24) is 14.9 Å². The number of carbonyl (C=O) groups excluding carboxylic acids is 2. The van der Waals surface area contributed by atoms with Crippen LogP contribution in [0.2, 0.25) is 0 Å². The second-order valence-electron chi connectivity index (χ2n) is 7.52. The van der Waals surface area contributed by atoms with E-state index in [1.165, 1.54) is 18.6 Å². The molecule has 31 heavy (non-hydrogen) atoms. The molecule has 10 nitrogen and oxygen atoms in total. The quantitative estimate of drug-likeness (QED) is 0.754. The predicted octanol–water partition coefficient (Wildman–Crippen LogP) is 1.58. The van der Waals surface area contributed by atoms with Crippen LogP contribution in [0.4, 0.5) is 5.69 Å². The number of aliphatic carboxylic acids is 1. The van der Waals surface area contributed by atoms with Gasteiger partial charge in [-0.2, -0.15) is 0 Å². The number of benzene rings is 1. The van der Waals surface area contributed by atoms with Crippen molar-refractivity contribution in [3.63, 3.8) is 0 Å². The minimum absolute atomic E-state index is 0.0771. The van der Waals surface area contributed by atoms with Crippen LogP contribution >= 0.6 is 0 Å². The highest BCUT2D eigenvalue weighted by Gasteiger charge is 2.39. The molecule has 2 amide bonds. The maximum Gasteiger partial charge on any atom is 0.305 e. The third-order valence-corrected chi connectivity index (χ3v) is 5.47. The predicted molar refractivity (Wildman–Crippen MR) is 108 cm³/mol. The van der Waals surface area contributed by atoms with Crippen molar-refractivity contribution in [1.29, 1.82) is 0 Å². The summed E-state index contributed by atoms with van der Waals surface area (Å²) in [7, 11) is 1.70. The number of aromatic nitrogens is 2. The van der Waals surface area contributed by atoms with Gasteiger partial charge >= 0.3 is 5.97 Å². The van der Waals surface area contributed by atoms with Gasteiger partial charge in [-0.1, -0.05) is 0 Å². The number of carboxylic acids is 1. The third-order valence-electron chi connectivity index (χ3n) is 5.47. The summed E-state index contributed by atoms with van der Waals surface area (Å²) in [6.07, 6.45) is 4.52. The zero-order valence-corrected chi connectivity index (χ0v) is 16.9. The van der Waals surface area contributed by atoms with Gasteiger partial charge in [0.1, 0.15) is 24.2 Å². The Morgan fingerprint density at radius 3 is 2.87 bits per heavy atom. The fourth-order valence-corrected chi connectivity index (χ4v) is 3.91. The molecular weight excluding hydrogens is 404 g/mol. The second kappa shape index (κ2) is 8.68. The number of nitrogens with zero attached hydrogens (tertiary/aromatic N) is 3. The Hall–Kier alpha value is -3.53. The van der Waals surface area contributed by atoms with E-state index in [0.717, 1.165) is 0 Å². The summed E-state index contributed by atoms with van der Waals surface area (Å²) in [6.45, 7) is 0.191. The zero-order valence-electron chi connectivity index (χ0n) is 16.9. The highest BCUT2D eigenvalue weighted by atomic mass is 16.5. The number of nitrogens with one attached hydrogen (secondary N) is 1. The van der Waals surface area contributed by atoms with Crippen molar-refractivity contribution in [2.75, 3.05) is 19.0 Å². The van der Waals surface area contributed by atoms with Crippen LogP contribution in [0, 0.1) is 0 Å². The summed E-state index contributed by atoms with van der Waals surface area (Å²) in [5, 5.41) is 11.7. The molecule has 162 valence electrons. The molecule has 3 heterocycles. The average molecular weight is 426 g/mol. The molecule has 1 aromatic carbocycles. The van der Waals surface area contributed by atoms with Crippen LogP contribution in [-0.4, -0.2) is 69.7 Å². The van der Waals surface area contributed by atoms with Crippen molar-refractivity contribution in [3.8, 4) is 5.75 Å². The number of hydrogen-bond acceptors (Lipinski definition) is 7. The smallest absolute Gasteiger partial charge is 0.305 e. The number of carbonyl (C=O) groups is 3. The Kier molecular flexibility index (Phi) is 5.81. The number of hydrogen-bond donors (Lipinski definition) is 2. The van der Waals surface area contributed by atoms with E-state index in [1.807, 2.05) is 0 Å². The topological polar surface area (TPSA) is 131 Å². The Morgan fingerprint density at radius 1 is 1.29 bits per heavy atom. The standard InChI is InChI=1S/C21H22N4O6/c1-25-16-4-3-13(9-19(26)27)31-18(16)11-30-17-5-2-12(8-14(17)21(25)29)24-20(28)15-10-22-6-7-23-15/h2,5-8,10,13,16,18H,3-4,9,11H2,1H3,(H,24,28)(H,26,27)/t13-,16+,18+/m0/s1.